The van der Waals surface area contributed by atoms with Gasteiger partial charge in [-0.05, 0) is 44.1 Å². The summed E-state index contributed by atoms with van der Waals surface area (Å²) in [7, 11) is 1.62. The lowest BCUT2D eigenvalue weighted by molar-refractivity contribution is 0.0747. The van der Waals surface area contributed by atoms with E-state index in [0.29, 0.717) is 30.3 Å². The van der Waals surface area contributed by atoms with Gasteiger partial charge in [0.05, 0.1) is 20.0 Å². The number of amidine groups is 1. The first kappa shape index (κ1) is 20.0. The van der Waals surface area contributed by atoms with Gasteiger partial charge in [-0.15, -0.1) is 0 Å². The Labute approximate surface area is 182 Å². The number of aliphatic imine (C=N–C) groups is 3. The SMILES string of the molecule is COc1c(OC[C@H](O)CN2CCCC2)ccc2c1N=C(N1C=NC=CC1)N1CCN=C21. The molecule has 1 aromatic rings. The number of hydrogen-bond donors (Lipinski definition) is 1. The van der Waals surface area contributed by atoms with Crippen LogP contribution in [-0.2, 0) is 0 Å². The van der Waals surface area contributed by atoms with Crippen LogP contribution >= 0.6 is 0 Å². The average Bonchev–Trinajstić information content (AvgIpc) is 3.49. The molecular formula is C22H28N6O3. The molecule has 9 heteroatoms. The Morgan fingerprint density at radius 1 is 1.19 bits per heavy atom. The molecule has 4 aliphatic rings. The van der Waals surface area contributed by atoms with Crippen LogP contribution in [0.2, 0.25) is 0 Å². The lowest BCUT2D eigenvalue weighted by Crippen LogP contribution is -2.47. The third-order valence-corrected chi connectivity index (χ3v) is 5.89. The molecule has 164 valence electrons. The first-order chi connectivity index (χ1) is 15.2. The number of β-amino-alcohol motifs (C(OH)–C–C–N with tert-alkyl or cyclic N) is 1. The van der Waals surface area contributed by atoms with Crippen molar-refractivity contribution in [3.8, 4) is 11.5 Å². The van der Waals surface area contributed by atoms with E-state index in [1.807, 2.05) is 23.1 Å². The quantitative estimate of drug-likeness (QED) is 0.744. The van der Waals surface area contributed by atoms with Crippen molar-refractivity contribution in [1.82, 2.24) is 14.7 Å². The van der Waals surface area contributed by atoms with E-state index in [4.69, 9.17) is 19.5 Å². The van der Waals surface area contributed by atoms with Gasteiger partial charge in [-0.3, -0.25) is 14.8 Å². The van der Waals surface area contributed by atoms with Gasteiger partial charge in [0.1, 0.15) is 24.2 Å². The molecule has 31 heavy (non-hydrogen) atoms. The molecule has 4 heterocycles. The van der Waals surface area contributed by atoms with Gasteiger partial charge in [-0.25, -0.2) is 9.98 Å². The van der Waals surface area contributed by atoms with Crippen LogP contribution in [0.3, 0.4) is 0 Å². The number of hydrogen-bond acceptors (Lipinski definition) is 9. The largest absolute Gasteiger partial charge is 0.491 e. The van der Waals surface area contributed by atoms with Crippen LogP contribution < -0.4 is 9.47 Å². The molecular weight excluding hydrogens is 396 g/mol. The second-order valence-electron chi connectivity index (χ2n) is 8.04. The minimum atomic E-state index is -0.552. The van der Waals surface area contributed by atoms with E-state index in [2.05, 4.69) is 14.8 Å². The average molecular weight is 425 g/mol. The number of methoxy groups -OCH3 is 1. The zero-order valence-corrected chi connectivity index (χ0v) is 17.8. The number of nitrogens with zero attached hydrogens (tertiary/aromatic N) is 6. The maximum atomic E-state index is 10.4. The Hall–Kier alpha value is -2.91. The van der Waals surface area contributed by atoms with Crippen molar-refractivity contribution >= 4 is 23.8 Å². The predicted octanol–water partition coefficient (Wildman–Crippen LogP) is 1.45. The molecule has 0 spiro atoms. The first-order valence-corrected chi connectivity index (χ1v) is 10.8. The van der Waals surface area contributed by atoms with Gasteiger partial charge in [0.25, 0.3) is 0 Å². The molecule has 4 aliphatic heterocycles. The van der Waals surface area contributed by atoms with Gasteiger partial charge in [0.2, 0.25) is 5.96 Å². The molecule has 5 rings (SSSR count). The Bertz CT molecular complexity index is 951. The molecule has 1 N–H and O–H groups in total. The highest BCUT2D eigenvalue weighted by molar-refractivity contribution is 6.18. The summed E-state index contributed by atoms with van der Waals surface area (Å²) in [5.74, 6) is 2.80. The number of benzene rings is 1. The van der Waals surface area contributed by atoms with Crippen molar-refractivity contribution in [2.24, 2.45) is 15.0 Å². The van der Waals surface area contributed by atoms with E-state index in [1.54, 1.807) is 19.6 Å². The zero-order valence-electron chi connectivity index (χ0n) is 17.8. The summed E-state index contributed by atoms with van der Waals surface area (Å²) < 4.78 is 11.7. The topological polar surface area (TPSA) is 85.5 Å². The van der Waals surface area contributed by atoms with E-state index in [1.165, 1.54) is 12.8 Å². The van der Waals surface area contributed by atoms with E-state index in [9.17, 15) is 5.11 Å². The van der Waals surface area contributed by atoms with Gasteiger partial charge in [0.15, 0.2) is 11.5 Å². The van der Waals surface area contributed by atoms with E-state index in [0.717, 1.165) is 43.5 Å². The molecule has 0 radical (unpaired) electrons. The monoisotopic (exact) mass is 424 g/mol. The fraction of sp³-hybridized carbons (Fsp3) is 0.500. The Morgan fingerprint density at radius 3 is 2.84 bits per heavy atom. The highest BCUT2D eigenvalue weighted by atomic mass is 16.5. The molecule has 1 atom stereocenters. The summed E-state index contributed by atoms with van der Waals surface area (Å²) in [4.78, 5) is 20.3. The normalized spacial score (nSPS) is 21.0. The van der Waals surface area contributed by atoms with Crippen molar-refractivity contribution in [3.05, 3.63) is 30.0 Å². The third kappa shape index (κ3) is 3.90. The highest BCUT2D eigenvalue weighted by Gasteiger charge is 2.34. The molecule has 0 aromatic heterocycles. The number of fused-ring (bicyclic) bond motifs is 3. The van der Waals surface area contributed by atoms with Crippen molar-refractivity contribution in [2.75, 3.05) is 53.0 Å². The second kappa shape index (κ2) is 8.68. The van der Waals surface area contributed by atoms with E-state index in [-0.39, 0.29) is 6.61 Å². The van der Waals surface area contributed by atoms with Crippen molar-refractivity contribution < 1.29 is 14.6 Å². The maximum Gasteiger partial charge on any atom is 0.213 e. The number of aliphatic hydroxyl groups is 1. The summed E-state index contributed by atoms with van der Waals surface area (Å²) in [6.07, 6.45) is 7.40. The van der Waals surface area contributed by atoms with Crippen LogP contribution in [0, 0.1) is 0 Å². The van der Waals surface area contributed by atoms with Gasteiger partial charge < -0.3 is 19.5 Å². The van der Waals surface area contributed by atoms with Crippen LogP contribution in [0.4, 0.5) is 5.69 Å². The zero-order chi connectivity index (χ0) is 21.2. The Balaban J connectivity index is 1.41. The van der Waals surface area contributed by atoms with Crippen molar-refractivity contribution in [2.45, 2.75) is 18.9 Å². The highest BCUT2D eigenvalue weighted by Crippen LogP contribution is 2.43. The molecule has 9 nitrogen and oxygen atoms in total. The molecule has 0 bridgehead atoms. The van der Waals surface area contributed by atoms with Gasteiger partial charge in [0, 0.05) is 31.4 Å². The van der Waals surface area contributed by atoms with Crippen LogP contribution in [0.5, 0.6) is 11.5 Å². The molecule has 1 saturated heterocycles. The molecule has 0 aliphatic carbocycles. The van der Waals surface area contributed by atoms with E-state index >= 15 is 0 Å². The van der Waals surface area contributed by atoms with Crippen molar-refractivity contribution in [1.29, 1.82) is 0 Å². The first-order valence-electron chi connectivity index (χ1n) is 10.8. The number of likely N-dealkylation sites (tertiary alicyclic amines) is 1. The smallest absolute Gasteiger partial charge is 0.213 e. The van der Waals surface area contributed by atoms with Gasteiger partial charge in [-0.2, -0.15) is 0 Å². The van der Waals surface area contributed by atoms with Gasteiger partial charge in [-0.1, -0.05) is 0 Å². The molecule has 1 fully saturated rings. The van der Waals surface area contributed by atoms with Crippen LogP contribution in [0.15, 0.2) is 39.4 Å². The number of guanidine groups is 1. The van der Waals surface area contributed by atoms with E-state index < -0.39 is 6.10 Å². The Morgan fingerprint density at radius 2 is 2.06 bits per heavy atom. The standard InChI is InChI=1S/C22H28N6O3/c1-30-20-18(31-14-16(29)13-26-9-2-3-10-26)6-5-17-19(20)25-22(27-11-4-7-23-15-27)28-12-8-24-21(17)28/h4-7,15-16,29H,2-3,8-14H2,1H3/t16-/m1/s1. The summed E-state index contributed by atoms with van der Waals surface area (Å²) in [5, 5.41) is 10.4. The number of ether oxygens (including phenoxy) is 2. The van der Waals surface area contributed by atoms with Crippen LogP contribution in [0.25, 0.3) is 0 Å². The van der Waals surface area contributed by atoms with Gasteiger partial charge >= 0.3 is 0 Å². The molecule has 1 aromatic carbocycles. The minimum Gasteiger partial charge on any atom is -0.491 e. The summed E-state index contributed by atoms with van der Waals surface area (Å²) in [6, 6.07) is 3.85. The predicted molar refractivity (Wildman–Crippen MR) is 120 cm³/mol. The number of rotatable bonds is 6. The lowest BCUT2D eigenvalue weighted by atomic mass is 10.1. The van der Waals surface area contributed by atoms with Crippen LogP contribution in [-0.4, -0.2) is 97.0 Å². The fourth-order valence-electron chi connectivity index (χ4n) is 4.43. The number of aliphatic hydroxyl groups excluding tert-OH is 1. The van der Waals surface area contributed by atoms with Crippen molar-refractivity contribution in [3.63, 3.8) is 0 Å². The molecule has 0 unspecified atom stereocenters. The summed E-state index contributed by atoms with van der Waals surface area (Å²) in [5.41, 5.74) is 1.62. The Kier molecular flexibility index (Phi) is 5.61. The second-order valence-corrected chi connectivity index (χ2v) is 8.04. The molecule has 0 saturated carbocycles. The fourth-order valence-corrected chi connectivity index (χ4v) is 4.43. The third-order valence-electron chi connectivity index (χ3n) is 5.89. The molecule has 0 amide bonds. The maximum absolute atomic E-state index is 10.4. The summed E-state index contributed by atoms with van der Waals surface area (Å²) >= 11 is 0. The van der Waals surface area contributed by atoms with Crippen LogP contribution in [0.1, 0.15) is 18.4 Å². The minimum absolute atomic E-state index is 0.207. The lowest BCUT2D eigenvalue weighted by Gasteiger charge is -2.33. The summed E-state index contributed by atoms with van der Waals surface area (Å²) in [6.45, 7) is 5.13.